The Hall–Kier alpha value is -1.58. The van der Waals surface area contributed by atoms with E-state index in [2.05, 4.69) is 60.2 Å². The van der Waals surface area contributed by atoms with Crippen LogP contribution >= 0.6 is 15.9 Å². The highest BCUT2D eigenvalue weighted by molar-refractivity contribution is 9.10. The van der Waals surface area contributed by atoms with E-state index in [-0.39, 0.29) is 12.1 Å². The van der Waals surface area contributed by atoms with Crippen LogP contribution in [0.25, 0.3) is 0 Å². The maximum absolute atomic E-state index is 6.11. The summed E-state index contributed by atoms with van der Waals surface area (Å²) in [7, 11) is 0. The fourth-order valence-corrected chi connectivity index (χ4v) is 5.19. The minimum Gasteiger partial charge on any atom is -0.354 e. The van der Waals surface area contributed by atoms with Crippen LogP contribution in [-0.4, -0.2) is 41.7 Å². The largest absolute Gasteiger partial charge is 0.354 e. The van der Waals surface area contributed by atoms with Crippen LogP contribution in [0.3, 0.4) is 0 Å². The van der Waals surface area contributed by atoms with Gasteiger partial charge in [-0.25, -0.2) is 10.4 Å². The second kappa shape index (κ2) is 7.68. The van der Waals surface area contributed by atoms with Crippen molar-refractivity contribution in [3.63, 3.8) is 0 Å². The maximum Gasteiger partial charge on any atom is 0.143 e. The molecule has 5 heterocycles. The van der Waals surface area contributed by atoms with E-state index >= 15 is 0 Å². The van der Waals surface area contributed by atoms with E-state index in [4.69, 9.17) is 10.7 Å². The summed E-state index contributed by atoms with van der Waals surface area (Å²) >= 11 is 3.68. The molecule has 4 unspecified atom stereocenters. The molecule has 3 aliphatic rings. The Bertz CT molecular complexity index is 833. The van der Waals surface area contributed by atoms with Gasteiger partial charge in [0.1, 0.15) is 5.82 Å². The lowest BCUT2D eigenvalue weighted by atomic mass is 9.81. The lowest BCUT2D eigenvalue weighted by Crippen LogP contribution is -2.46. The van der Waals surface area contributed by atoms with Gasteiger partial charge in [0.2, 0.25) is 0 Å². The molecule has 5 N–H and O–H groups in total. The van der Waals surface area contributed by atoms with Gasteiger partial charge in [-0.05, 0) is 52.5 Å². The molecule has 0 aliphatic carbocycles. The summed E-state index contributed by atoms with van der Waals surface area (Å²) in [6.45, 7) is 2.76. The highest BCUT2D eigenvalue weighted by atomic mass is 79.9. The predicted octanol–water partition coefficient (Wildman–Crippen LogP) is 1.64. The molecule has 0 spiro atoms. The number of hydrogen-bond acceptors (Lipinski definition) is 7. The third kappa shape index (κ3) is 3.44. The number of aromatic nitrogens is 2. The van der Waals surface area contributed by atoms with Gasteiger partial charge in [-0.3, -0.25) is 10.4 Å². The molecule has 0 aromatic carbocycles. The summed E-state index contributed by atoms with van der Waals surface area (Å²) in [5, 5.41) is 3.66. The van der Waals surface area contributed by atoms with Crippen molar-refractivity contribution in [2.75, 3.05) is 24.5 Å². The average Bonchev–Trinajstić information content (AvgIpc) is 3.35. The van der Waals surface area contributed by atoms with Crippen LogP contribution in [0.4, 0.5) is 5.82 Å². The van der Waals surface area contributed by atoms with E-state index in [9.17, 15) is 0 Å². The molecule has 148 valence electrons. The number of piperidine rings is 1. The molecule has 5 atom stereocenters. The van der Waals surface area contributed by atoms with Gasteiger partial charge in [0.15, 0.2) is 0 Å². The molecule has 8 heteroatoms. The van der Waals surface area contributed by atoms with Crippen LogP contribution in [0.2, 0.25) is 0 Å². The molecule has 5 rings (SSSR count). The first-order chi connectivity index (χ1) is 13.7. The minimum atomic E-state index is 0.189. The van der Waals surface area contributed by atoms with Gasteiger partial charge in [-0.2, -0.15) is 0 Å². The lowest BCUT2D eigenvalue weighted by Gasteiger charge is -2.34. The summed E-state index contributed by atoms with van der Waals surface area (Å²) < 4.78 is 1.03. The average molecular weight is 444 g/mol. The summed E-state index contributed by atoms with van der Waals surface area (Å²) in [5.74, 6) is 1.47. The number of hydrogen-bond donors (Lipinski definition) is 4. The van der Waals surface area contributed by atoms with Gasteiger partial charge in [-0.15, -0.1) is 0 Å². The molecule has 28 heavy (non-hydrogen) atoms. The van der Waals surface area contributed by atoms with Crippen LogP contribution in [0.5, 0.6) is 0 Å². The molecule has 3 fully saturated rings. The minimum absolute atomic E-state index is 0.189. The zero-order valence-corrected chi connectivity index (χ0v) is 17.3. The Kier molecular flexibility index (Phi) is 5.06. The molecule has 0 bridgehead atoms. The molecule has 3 saturated heterocycles. The van der Waals surface area contributed by atoms with E-state index < -0.39 is 0 Å². The fraction of sp³-hybridized carbons (Fsp3) is 0.500. The summed E-state index contributed by atoms with van der Waals surface area (Å²) in [4.78, 5) is 11.6. The first kappa shape index (κ1) is 18.4. The number of hydrazine groups is 1. The number of rotatable bonds is 3. The highest BCUT2D eigenvalue weighted by Gasteiger charge is 2.42. The monoisotopic (exact) mass is 443 g/mol. The van der Waals surface area contributed by atoms with Crippen molar-refractivity contribution < 1.29 is 0 Å². The topological polar surface area (TPSA) is 91.1 Å². The lowest BCUT2D eigenvalue weighted by molar-refractivity contribution is 0.265. The molecule has 3 aliphatic heterocycles. The first-order valence-corrected chi connectivity index (χ1v) is 10.8. The Morgan fingerprint density at radius 1 is 1.21 bits per heavy atom. The van der Waals surface area contributed by atoms with Crippen molar-refractivity contribution >= 4 is 21.7 Å². The van der Waals surface area contributed by atoms with Crippen molar-refractivity contribution in [1.82, 2.24) is 26.1 Å². The second-order valence-electron chi connectivity index (χ2n) is 8.06. The number of nitrogens with two attached hydrogens (primary N) is 1. The molecular weight excluding hydrogens is 418 g/mol. The second-order valence-corrected chi connectivity index (χ2v) is 8.91. The zero-order valence-electron chi connectivity index (χ0n) is 15.7. The van der Waals surface area contributed by atoms with Gasteiger partial charge in [-0.1, -0.05) is 6.07 Å². The Morgan fingerprint density at radius 3 is 2.93 bits per heavy atom. The SMILES string of the molecule is N[C@@H]1CCN(c2nc(C3NNC4CNC(c5cccnc5)CC43)ccc2Br)C1. The van der Waals surface area contributed by atoms with Gasteiger partial charge in [0.25, 0.3) is 0 Å². The standard InChI is InChI=1S/C20H26BrN7/c21-15-3-4-16(25-20(15)28-7-5-13(22)11-28)19-14-8-17(12-2-1-6-23-9-12)24-10-18(14)26-27-19/h1-4,6,9,13-14,17-19,24,26-27H,5,7-8,10-11,22H2/t13-,14?,17?,18?,19?/m1/s1. The quantitative estimate of drug-likeness (QED) is 0.572. The fourth-order valence-electron chi connectivity index (χ4n) is 4.72. The zero-order chi connectivity index (χ0) is 19.1. The normalized spacial score (nSPS) is 32.5. The molecule has 0 saturated carbocycles. The number of halogens is 1. The Balaban J connectivity index is 1.39. The summed E-state index contributed by atoms with van der Waals surface area (Å²) in [6.07, 6.45) is 5.86. The van der Waals surface area contributed by atoms with Crippen LogP contribution in [0, 0.1) is 5.92 Å². The number of nitrogens with one attached hydrogen (secondary N) is 3. The molecule has 7 nitrogen and oxygen atoms in total. The van der Waals surface area contributed by atoms with Gasteiger partial charge in [0.05, 0.1) is 16.2 Å². The third-order valence-electron chi connectivity index (χ3n) is 6.24. The molecule has 0 amide bonds. The van der Waals surface area contributed by atoms with Crippen LogP contribution in [-0.2, 0) is 0 Å². The predicted molar refractivity (Wildman–Crippen MR) is 113 cm³/mol. The van der Waals surface area contributed by atoms with E-state index in [0.717, 1.165) is 48.5 Å². The Morgan fingerprint density at radius 2 is 2.14 bits per heavy atom. The molecule has 2 aromatic rings. The van der Waals surface area contributed by atoms with Gasteiger partial charge in [0, 0.05) is 56.1 Å². The molecule has 2 aromatic heterocycles. The van der Waals surface area contributed by atoms with Crippen LogP contribution in [0.15, 0.2) is 41.1 Å². The molecular formula is C20H26BrN7. The number of fused-ring (bicyclic) bond motifs is 1. The first-order valence-electron chi connectivity index (χ1n) is 10.0. The van der Waals surface area contributed by atoms with Crippen molar-refractivity contribution in [3.05, 3.63) is 52.4 Å². The van der Waals surface area contributed by atoms with Crippen molar-refractivity contribution in [2.45, 2.75) is 37.0 Å². The number of nitrogens with zero attached hydrogens (tertiary/aromatic N) is 3. The van der Waals surface area contributed by atoms with Crippen molar-refractivity contribution in [3.8, 4) is 0 Å². The number of pyridine rings is 2. The third-order valence-corrected chi connectivity index (χ3v) is 6.86. The van der Waals surface area contributed by atoms with E-state index in [1.165, 1.54) is 5.56 Å². The van der Waals surface area contributed by atoms with Gasteiger partial charge < -0.3 is 16.0 Å². The highest BCUT2D eigenvalue weighted by Crippen LogP contribution is 2.39. The van der Waals surface area contributed by atoms with Crippen LogP contribution < -0.4 is 26.8 Å². The Labute approximate surface area is 173 Å². The van der Waals surface area contributed by atoms with E-state index in [1.807, 2.05) is 18.5 Å². The molecule has 0 radical (unpaired) electrons. The van der Waals surface area contributed by atoms with Crippen LogP contribution in [0.1, 0.15) is 36.2 Å². The summed E-state index contributed by atoms with van der Waals surface area (Å²) in [5.41, 5.74) is 15.4. The van der Waals surface area contributed by atoms with E-state index in [0.29, 0.717) is 18.0 Å². The maximum atomic E-state index is 6.11. The number of anilines is 1. The van der Waals surface area contributed by atoms with Gasteiger partial charge >= 0.3 is 0 Å². The van der Waals surface area contributed by atoms with E-state index in [1.54, 1.807) is 0 Å². The summed E-state index contributed by atoms with van der Waals surface area (Å²) in [6, 6.07) is 9.56. The smallest absolute Gasteiger partial charge is 0.143 e. The van der Waals surface area contributed by atoms with Crippen molar-refractivity contribution in [2.24, 2.45) is 11.7 Å². The van der Waals surface area contributed by atoms with Crippen molar-refractivity contribution in [1.29, 1.82) is 0 Å².